The first-order valence-electron chi connectivity index (χ1n) is 9.69. The van der Waals surface area contributed by atoms with Crippen molar-refractivity contribution in [2.75, 3.05) is 11.5 Å². The summed E-state index contributed by atoms with van der Waals surface area (Å²) in [5.74, 6) is -1.69. The Morgan fingerprint density at radius 1 is 1.03 bits per heavy atom. The summed E-state index contributed by atoms with van der Waals surface area (Å²) in [6, 6.07) is 13.2. The smallest absolute Gasteiger partial charge is 0.343 e. The fourth-order valence-electron chi connectivity index (χ4n) is 3.13. The molecule has 0 saturated carbocycles. The van der Waals surface area contributed by atoms with Crippen LogP contribution in [0.5, 0.6) is 0 Å². The van der Waals surface area contributed by atoms with E-state index in [2.05, 4.69) is 4.99 Å². The lowest BCUT2D eigenvalue weighted by Crippen LogP contribution is -2.29. The Labute approximate surface area is 174 Å². The topological polar surface area (TPSA) is 96.3 Å². The average molecular weight is 406 g/mol. The average Bonchev–Trinajstić information content (AvgIpc) is 2.99. The number of anilines is 1. The Balaban J connectivity index is 2.00. The van der Waals surface area contributed by atoms with E-state index in [1.165, 1.54) is 6.21 Å². The zero-order valence-electron chi connectivity index (χ0n) is 16.8. The zero-order valence-corrected chi connectivity index (χ0v) is 16.8. The van der Waals surface area contributed by atoms with Crippen molar-refractivity contribution in [3.8, 4) is 0 Å². The van der Waals surface area contributed by atoms with Crippen molar-refractivity contribution < 1.29 is 24.2 Å². The molecule has 0 spiro atoms. The number of imide groups is 1. The lowest BCUT2D eigenvalue weighted by Gasteiger charge is -2.16. The molecule has 2 amide bonds. The van der Waals surface area contributed by atoms with Gasteiger partial charge >= 0.3 is 5.97 Å². The van der Waals surface area contributed by atoms with E-state index < -0.39 is 17.8 Å². The van der Waals surface area contributed by atoms with Crippen molar-refractivity contribution >= 4 is 35.4 Å². The van der Waals surface area contributed by atoms with Gasteiger partial charge in [-0.2, -0.15) is 0 Å². The molecule has 0 bridgehead atoms. The molecule has 0 atom stereocenters. The molecule has 3 rings (SSSR count). The van der Waals surface area contributed by atoms with Crippen LogP contribution in [-0.2, 0) is 9.53 Å². The molecule has 0 unspecified atom stereocenters. The molecule has 2 aromatic carbocycles. The van der Waals surface area contributed by atoms with E-state index in [0.29, 0.717) is 29.7 Å². The molecule has 1 aliphatic rings. The Bertz CT molecular complexity index is 1020. The van der Waals surface area contributed by atoms with Gasteiger partial charge in [-0.1, -0.05) is 31.2 Å². The van der Waals surface area contributed by atoms with E-state index in [0.717, 1.165) is 4.90 Å². The number of hydrogen-bond donors (Lipinski definition) is 1. The van der Waals surface area contributed by atoms with Crippen molar-refractivity contribution in [3.05, 3.63) is 71.0 Å². The molecule has 0 aromatic heterocycles. The standard InChI is InChI=1S/C23H22N2O5/c1-3-9-20(26)17(23(29)30-4-2)14-24-18-12-7-8-13-19(18)25-21(27)15-10-5-6-11-16(15)22(25)28/h5-8,10-14,26H,3-4,9H2,1-2H3/b20-17+,24-14?. The number of nitrogens with zero attached hydrogens (tertiary/aromatic N) is 2. The third kappa shape index (κ3) is 4.00. The molecule has 7 heteroatoms. The number of carbonyl (C=O) groups is 3. The molecule has 30 heavy (non-hydrogen) atoms. The van der Waals surface area contributed by atoms with Crippen molar-refractivity contribution in [1.29, 1.82) is 0 Å². The normalized spacial score (nSPS) is 14.1. The van der Waals surface area contributed by atoms with Crippen LogP contribution < -0.4 is 4.90 Å². The highest BCUT2D eigenvalue weighted by molar-refractivity contribution is 6.35. The first kappa shape index (κ1) is 21.0. The number of fused-ring (bicyclic) bond motifs is 1. The second-order valence-electron chi connectivity index (χ2n) is 6.57. The molecule has 0 saturated heterocycles. The van der Waals surface area contributed by atoms with Crippen LogP contribution in [0.2, 0.25) is 0 Å². The maximum absolute atomic E-state index is 12.8. The van der Waals surface area contributed by atoms with E-state index >= 15 is 0 Å². The number of allylic oxidation sites excluding steroid dienone is 1. The minimum Gasteiger partial charge on any atom is -0.511 e. The van der Waals surface area contributed by atoms with Crippen molar-refractivity contribution in [2.24, 2.45) is 4.99 Å². The van der Waals surface area contributed by atoms with E-state index in [9.17, 15) is 19.5 Å². The van der Waals surface area contributed by atoms with Crippen LogP contribution in [0.25, 0.3) is 0 Å². The Morgan fingerprint density at radius 3 is 2.23 bits per heavy atom. The number of aliphatic hydroxyl groups excluding tert-OH is 1. The number of carbonyl (C=O) groups excluding carboxylic acids is 3. The first-order chi connectivity index (χ1) is 14.5. The van der Waals surface area contributed by atoms with Gasteiger partial charge in [0.25, 0.3) is 11.8 Å². The van der Waals surface area contributed by atoms with Gasteiger partial charge in [0.05, 0.1) is 29.1 Å². The number of rotatable bonds is 7. The second kappa shape index (κ2) is 9.17. The number of aliphatic hydroxyl groups is 1. The summed E-state index contributed by atoms with van der Waals surface area (Å²) in [6.45, 7) is 3.69. The summed E-state index contributed by atoms with van der Waals surface area (Å²) >= 11 is 0. The number of para-hydroxylation sites is 2. The predicted octanol–water partition coefficient (Wildman–Crippen LogP) is 4.36. The Kier molecular flexibility index (Phi) is 6.41. The fraction of sp³-hybridized carbons (Fsp3) is 0.217. The fourth-order valence-corrected chi connectivity index (χ4v) is 3.13. The highest BCUT2D eigenvalue weighted by Crippen LogP contribution is 2.34. The highest BCUT2D eigenvalue weighted by Gasteiger charge is 2.37. The quantitative estimate of drug-likeness (QED) is 0.242. The SMILES string of the molecule is CCC/C(O)=C(/C=Nc1ccccc1N1C(=O)c2ccccc2C1=O)C(=O)OCC. The number of esters is 1. The molecule has 0 fully saturated rings. The number of amides is 2. The molecule has 7 nitrogen and oxygen atoms in total. The number of aliphatic imine (C=N–C) groups is 1. The molecule has 154 valence electrons. The second-order valence-corrected chi connectivity index (χ2v) is 6.57. The molecule has 1 N–H and O–H groups in total. The summed E-state index contributed by atoms with van der Waals surface area (Å²) in [4.78, 5) is 43.2. The largest absolute Gasteiger partial charge is 0.511 e. The van der Waals surface area contributed by atoms with Crippen LogP contribution >= 0.6 is 0 Å². The zero-order chi connectivity index (χ0) is 21.7. The minimum absolute atomic E-state index is 0.0594. The van der Waals surface area contributed by atoms with Crippen molar-refractivity contribution in [3.63, 3.8) is 0 Å². The summed E-state index contributed by atoms with van der Waals surface area (Å²) in [6.07, 6.45) is 2.13. The molecule has 1 heterocycles. The highest BCUT2D eigenvalue weighted by atomic mass is 16.5. The number of benzene rings is 2. The van der Waals surface area contributed by atoms with Gasteiger partial charge < -0.3 is 9.84 Å². The van der Waals surface area contributed by atoms with Gasteiger partial charge in [0.1, 0.15) is 11.3 Å². The summed E-state index contributed by atoms with van der Waals surface area (Å²) < 4.78 is 5.00. The van der Waals surface area contributed by atoms with Gasteiger partial charge in [0.15, 0.2) is 0 Å². The molecule has 0 radical (unpaired) electrons. The monoisotopic (exact) mass is 406 g/mol. The van der Waals surface area contributed by atoms with Crippen LogP contribution in [0.4, 0.5) is 11.4 Å². The van der Waals surface area contributed by atoms with E-state index in [1.807, 2.05) is 6.92 Å². The molecular weight excluding hydrogens is 384 g/mol. The summed E-state index contributed by atoms with van der Waals surface area (Å²) in [7, 11) is 0. The van der Waals surface area contributed by atoms with Crippen LogP contribution in [0.15, 0.2) is 64.9 Å². The maximum Gasteiger partial charge on any atom is 0.343 e. The van der Waals surface area contributed by atoms with Gasteiger partial charge in [-0.05, 0) is 37.6 Å². The van der Waals surface area contributed by atoms with Gasteiger partial charge in [0, 0.05) is 12.6 Å². The number of ether oxygens (including phenoxy) is 1. The van der Waals surface area contributed by atoms with E-state index in [4.69, 9.17) is 4.74 Å². The number of hydrogen-bond acceptors (Lipinski definition) is 6. The van der Waals surface area contributed by atoms with Gasteiger partial charge in [0.2, 0.25) is 0 Å². The van der Waals surface area contributed by atoms with Crippen LogP contribution in [0.1, 0.15) is 47.4 Å². The van der Waals surface area contributed by atoms with Crippen molar-refractivity contribution in [2.45, 2.75) is 26.7 Å². The van der Waals surface area contributed by atoms with Gasteiger partial charge in [-0.15, -0.1) is 0 Å². The predicted molar refractivity (Wildman–Crippen MR) is 113 cm³/mol. The lowest BCUT2D eigenvalue weighted by molar-refractivity contribution is -0.138. The Hall–Kier alpha value is -3.74. The van der Waals surface area contributed by atoms with Crippen LogP contribution in [0.3, 0.4) is 0 Å². The minimum atomic E-state index is -0.689. The first-order valence-corrected chi connectivity index (χ1v) is 9.69. The molecule has 0 aliphatic carbocycles. The summed E-state index contributed by atoms with van der Waals surface area (Å²) in [5.41, 5.74) is 1.19. The van der Waals surface area contributed by atoms with E-state index in [1.54, 1.807) is 55.5 Å². The van der Waals surface area contributed by atoms with Crippen LogP contribution in [-0.4, -0.2) is 35.7 Å². The van der Waals surface area contributed by atoms with Gasteiger partial charge in [-0.25, -0.2) is 9.69 Å². The lowest BCUT2D eigenvalue weighted by atomic mass is 10.1. The van der Waals surface area contributed by atoms with Crippen LogP contribution in [0, 0.1) is 0 Å². The molecule has 1 aliphatic heterocycles. The van der Waals surface area contributed by atoms with Crippen molar-refractivity contribution in [1.82, 2.24) is 0 Å². The third-order valence-corrected chi connectivity index (χ3v) is 4.54. The third-order valence-electron chi connectivity index (χ3n) is 4.54. The summed E-state index contributed by atoms with van der Waals surface area (Å²) in [5, 5.41) is 10.2. The Morgan fingerprint density at radius 2 is 1.63 bits per heavy atom. The van der Waals surface area contributed by atoms with Gasteiger partial charge in [-0.3, -0.25) is 14.6 Å². The van der Waals surface area contributed by atoms with E-state index in [-0.39, 0.29) is 23.6 Å². The maximum atomic E-state index is 12.8. The molecular formula is C23H22N2O5. The molecule has 2 aromatic rings.